The first-order valence-corrected chi connectivity index (χ1v) is 8.41. The van der Waals surface area contributed by atoms with Gasteiger partial charge in [0.05, 0.1) is 5.69 Å². The molecule has 0 aromatic carbocycles. The lowest BCUT2D eigenvalue weighted by atomic mass is 10.1. The van der Waals surface area contributed by atoms with Crippen LogP contribution in [0.25, 0.3) is 20.7 Å². The number of hydrogen-bond donors (Lipinski definition) is 2. The van der Waals surface area contributed by atoms with Crippen molar-refractivity contribution < 1.29 is 4.79 Å². The Hall–Kier alpha value is -1.92. The van der Waals surface area contributed by atoms with Crippen LogP contribution in [-0.4, -0.2) is 10.9 Å². The maximum absolute atomic E-state index is 11.5. The van der Waals surface area contributed by atoms with Gasteiger partial charge in [0.25, 0.3) is 5.91 Å². The quantitative estimate of drug-likeness (QED) is 0.775. The summed E-state index contributed by atoms with van der Waals surface area (Å²) in [4.78, 5) is 18.6. The third-order valence-corrected chi connectivity index (χ3v) is 5.74. The van der Waals surface area contributed by atoms with Gasteiger partial charge in [0, 0.05) is 27.4 Å². The van der Waals surface area contributed by atoms with Crippen LogP contribution in [-0.2, 0) is 0 Å². The Kier molecular flexibility index (Phi) is 2.77. The van der Waals surface area contributed by atoms with Gasteiger partial charge in [-0.25, -0.2) is 4.98 Å². The molecule has 3 aromatic rings. The van der Waals surface area contributed by atoms with Crippen molar-refractivity contribution >= 4 is 44.5 Å². The third-order valence-electron chi connectivity index (χ3n) is 3.72. The number of nitrogens with zero attached hydrogens (tertiary/aromatic N) is 1. The Morgan fingerprint density at radius 3 is 2.81 bits per heavy atom. The highest BCUT2D eigenvalue weighted by atomic mass is 32.1. The molecule has 106 valence electrons. The molecule has 4 nitrogen and oxygen atoms in total. The number of anilines is 1. The monoisotopic (exact) mass is 315 g/mol. The van der Waals surface area contributed by atoms with Crippen molar-refractivity contribution in [1.82, 2.24) is 4.98 Å². The third kappa shape index (κ3) is 2.02. The summed E-state index contributed by atoms with van der Waals surface area (Å²) in [7, 11) is 0. The number of rotatable bonds is 3. The van der Waals surface area contributed by atoms with Gasteiger partial charge in [0.1, 0.15) is 9.71 Å². The number of amides is 1. The maximum atomic E-state index is 11.5. The van der Waals surface area contributed by atoms with E-state index in [1.54, 1.807) is 11.3 Å². The molecule has 0 spiro atoms. The first-order valence-electron chi connectivity index (χ1n) is 6.71. The second-order valence-electron chi connectivity index (χ2n) is 5.24. The zero-order valence-corrected chi connectivity index (χ0v) is 12.8. The summed E-state index contributed by atoms with van der Waals surface area (Å²) in [5, 5.41) is 2.90. The minimum atomic E-state index is -0.486. The zero-order chi connectivity index (χ0) is 14.6. The Balaban J connectivity index is 2.06. The molecule has 0 saturated heterocycles. The lowest BCUT2D eigenvalue weighted by Gasteiger charge is -2.05. The maximum Gasteiger partial charge on any atom is 0.260 e. The minimum absolute atomic E-state index is 0.406. The number of nitrogens with two attached hydrogens (primary N) is 2. The minimum Gasteiger partial charge on any atom is -0.397 e. The van der Waals surface area contributed by atoms with Crippen molar-refractivity contribution in [3.63, 3.8) is 0 Å². The normalized spacial score (nSPS) is 14.7. The average Bonchev–Trinajstić information content (AvgIpc) is 3.06. The molecule has 0 aliphatic heterocycles. The van der Waals surface area contributed by atoms with Crippen LogP contribution in [0.4, 0.5) is 5.69 Å². The standard InChI is InChI=1S/C15H13N3OS2/c16-12-11-8(10-2-1-5-20-10)6-9(7-3-4-7)18-15(11)21-13(12)14(17)19/h1-2,5-7H,3-4,16H2,(H2,17,19). The second kappa shape index (κ2) is 4.54. The van der Waals surface area contributed by atoms with Crippen molar-refractivity contribution in [2.24, 2.45) is 5.73 Å². The highest BCUT2D eigenvalue weighted by Crippen LogP contribution is 2.45. The number of pyridine rings is 1. The van der Waals surface area contributed by atoms with Crippen molar-refractivity contribution in [3.05, 3.63) is 34.2 Å². The van der Waals surface area contributed by atoms with E-state index < -0.39 is 5.91 Å². The Morgan fingerprint density at radius 2 is 2.19 bits per heavy atom. The van der Waals surface area contributed by atoms with Gasteiger partial charge in [0.2, 0.25) is 0 Å². The molecular formula is C15H13N3OS2. The summed E-state index contributed by atoms with van der Waals surface area (Å²) in [5.41, 5.74) is 14.2. The predicted octanol–water partition coefficient (Wildman–Crippen LogP) is 3.58. The van der Waals surface area contributed by atoms with Crippen LogP contribution >= 0.6 is 22.7 Å². The fourth-order valence-electron chi connectivity index (χ4n) is 2.54. The molecule has 0 atom stereocenters. The molecule has 1 fully saturated rings. The fourth-order valence-corrected chi connectivity index (χ4v) is 4.27. The number of aromatic nitrogens is 1. The van der Waals surface area contributed by atoms with Crippen molar-refractivity contribution in [2.45, 2.75) is 18.8 Å². The molecule has 1 aliphatic rings. The van der Waals surface area contributed by atoms with Crippen molar-refractivity contribution in [2.75, 3.05) is 5.73 Å². The highest BCUT2D eigenvalue weighted by molar-refractivity contribution is 7.21. The van der Waals surface area contributed by atoms with Crippen LogP contribution in [0.5, 0.6) is 0 Å². The van der Waals surface area contributed by atoms with Crippen molar-refractivity contribution in [3.8, 4) is 10.4 Å². The van der Waals surface area contributed by atoms with Crippen LogP contribution < -0.4 is 11.5 Å². The lowest BCUT2D eigenvalue weighted by Crippen LogP contribution is -2.10. The molecule has 0 bridgehead atoms. The van der Waals surface area contributed by atoms with Gasteiger partial charge < -0.3 is 11.5 Å². The van der Waals surface area contributed by atoms with Gasteiger partial charge in [-0.05, 0) is 30.4 Å². The number of hydrogen-bond acceptors (Lipinski definition) is 5. The van der Waals surface area contributed by atoms with E-state index in [9.17, 15) is 4.79 Å². The van der Waals surface area contributed by atoms with Crippen molar-refractivity contribution in [1.29, 1.82) is 0 Å². The van der Waals surface area contributed by atoms with E-state index in [0.29, 0.717) is 16.5 Å². The van der Waals surface area contributed by atoms with Gasteiger partial charge in [-0.2, -0.15) is 0 Å². The van der Waals surface area contributed by atoms with E-state index >= 15 is 0 Å². The Morgan fingerprint density at radius 1 is 1.38 bits per heavy atom. The average molecular weight is 315 g/mol. The summed E-state index contributed by atoms with van der Waals surface area (Å²) in [5.74, 6) is 0.0640. The molecule has 0 radical (unpaired) electrons. The first-order chi connectivity index (χ1) is 10.1. The molecule has 6 heteroatoms. The molecule has 1 amide bonds. The Labute approximate surface area is 129 Å². The van der Waals surface area contributed by atoms with E-state index in [-0.39, 0.29) is 0 Å². The number of thiophene rings is 2. The zero-order valence-electron chi connectivity index (χ0n) is 11.1. The fraction of sp³-hybridized carbons (Fsp3) is 0.200. The predicted molar refractivity (Wildman–Crippen MR) is 87.8 cm³/mol. The Bertz CT molecular complexity index is 848. The molecule has 4 N–H and O–H groups in total. The summed E-state index contributed by atoms with van der Waals surface area (Å²) >= 11 is 2.96. The van der Waals surface area contributed by atoms with Crippen LogP contribution in [0.15, 0.2) is 23.6 Å². The molecule has 0 unspecified atom stereocenters. The van der Waals surface area contributed by atoms with Gasteiger partial charge >= 0.3 is 0 Å². The molecule has 21 heavy (non-hydrogen) atoms. The summed E-state index contributed by atoms with van der Waals surface area (Å²) < 4.78 is 0. The van der Waals surface area contributed by atoms with Gasteiger partial charge in [-0.3, -0.25) is 4.79 Å². The summed E-state index contributed by atoms with van der Waals surface area (Å²) in [6, 6.07) is 6.21. The van der Waals surface area contributed by atoms with Crippen LogP contribution in [0, 0.1) is 0 Å². The summed E-state index contributed by atoms with van der Waals surface area (Å²) in [6.45, 7) is 0. The van der Waals surface area contributed by atoms with E-state index in [1.807, 2.05) is 11.4 Å². The number of fused-ring (bicyclic) bond motifs is 1. The number of nitrogen functional groups attached to an aromatic ring is 1. The SMILES string of the molecule is NC(=O)c1sc2nc(C3CC3)cc(-c3cccs3)c2c1N. The topological polar surface area (TPSA) is 82.0 Å². The van der Waals surface area contributed by atoms with Crippen LogP contribution in [0.1, 0.15) is 34.1 Å². The highest BCUT2D eigenvalue weighted by Gasteiger charge is 2.28. The largest absolute Gasteiger partial charge is 0.397 e. The number of primary amides is 1. The smallest absolute Gasteiger partial charge is 0.260 e. The number of carbonyl (C=O) groups is 1. The number of carbonyl (C=O) groups excluding carboxylic acids is 1. The van der Waals surface area contributed by atoms with Gasteiger partial charge in [-0.15, -0.1) is 22.7 Å². The summed E-state index contributed by atoms with van der Waals surface area (Å²) in [6.07, 6.45) is 2.37. The van der Waals surface area contributed by atoms with Crippen LogP contribution in [0.2, 0.25) is 0 Å². The molecule has 3 aromatic heterocycles. The van der Waals surface area contributed by atoms with E-state index in [2.05, 4.69) is 12.1 Å². The molecule has 4 rings (SSSR count). The molecule has 1 aliphatic carbocycles. The van der Waals surface area contributed by atoms with E-state index in [1.165, 1.54) is 24.2 Å². The first kappa shape index (κ1) is 12.8. The van der Waals surface area contributed by atoms with E-state index in [4.69, 9.17) is 16.5 Å². The van der Waals surface area contributed by atoms with Gasteiger partial charge in [-0.1, -0.05) is 6.07 Å². The second-order valence-corrected chi connectivity index (χ2v) is 7.18. The molecule has 3 heterocycles. The van der Waals surface area contributed by atoms with E-state index in [0.717, 1.165) is 26.4 Å². The van der Waals surface area contributed by atoms with Gasteiger partial charge in [0.15, 0.2) is 0 Å². The molecular weight excluding hydrogens is 302 g/mol. The van der Waals surface area contributed by atoms with Crippen LogP contribution in [0.3, 0.4) is 0 Å². The molecule has 1 saturated carbocycles. The lowest BCUT2D eigenvalue weighted by molar-refractivity contribution is 0.100.